The number of carboxylic acids is 3. The van der Waals surface area contributed by atoms with Gasteiger partial charge in [0, 0.05) is 17.1 Å². The summed E-state index contributed by atoms with van der Waals surface area (Å²) in [6, 6.07) is 11.0. The first-order chi connectivity index (χ1) is 15.3. The second-order valence-electron chi connectivity index (χ2n) is 6.18. The van der Waals surface area contributed by atoms with Gasteiger partial charge >= 0.3 is 37.7 Å². The SMILES string of the molecule is Nc1ccc([O-])c(C(=O)O)c1.Nc1ccc([O-])c(C(=O)O)c1.Nc1ccc([O-])c(C(=O)O)c1.[Ga+3]. The van der Waals surface area contributed by atoms with E-state index in [2.05, 4.69) is 0 Å². The van der Waals surface area contributed by atoms with Crippen molar-refractivity contribution in [3.63, 3.8) is 0 Å². The minimum atomic E-state index is -1.25. The Morgan fingerprint density at radius 3 is 0.882 bits per heavy atom. The average Bonchev–Trinajstić information content (AvgIpc) is 2.73. The Bertz CT molecular complexity index is 1040. The number of hydrogen-bond donors (Lipinski definition) is 6. The Morgan fingerprint density at radius 1 is 0.529 bits per heavy atom. The molecule has 12 nitrogen and oxygen atoms in total. The van der Waals surface area contributed by atoms with Crippen molar-refractivity contribution in [2.24, 2.45) is 0 Å². The number of nitrogen functional groups attached to an aromatic ring is 3. The number of carbonyl (C=O) groups is 3. The topological polar surface area (TPSA) is 259 Å². The number of hydrogen-bond acceptors (Lipinski definition) is 9. The van der Waals surface area contributed by atoms with Crippen molar-refractivity contribution < 1.29 is 45.0 Å². The van der Waals surface area contributed by atoms with Crippen LogP contribution in [0.4, 0.5) is 17.1 Å². The molecule has 13 heteroatoms. The molecule has 3 aromatic carbocycles. The minimum absolute atomic E-state index is 0. The van der Waals surface area contributed by atoms with Gasteiger partial charge in [-0.3, -0.25) is 0 Å². The largest absolute Gasteiger partial charge is 3.00 e. The molecule has 0 fully saturated rings. The van der Waals surface area contributed by atoms with Crippen molar-refractivity contribution in [3.8, 4) is 17.2 Å². The smallest absolute Gasteiger partial charge is 0.872 e. The van der Waals surface area contributed by atoms with E-state index in [9.17, 15) is 29.7 Å². The van der Waals surface area contributed by atoms with Gasteiger partial charge in [-0.05, 0) is 36.4 Å². The summed E-state index contributed by atoms with van der Waals surface area (Å²) in [5, 5.41) is 57.6. The Hall–Kier alpha value is -4.49. The monoisotopic (exact) mass is 525 g/mol. The molecular weight excluding hydrogens is 508 g/mol. The fraction of sp³-hybridized carbons (Fsp3) is 0. The van der Waals surface area contributed by atoms with Gasteiger partial charge in [-0.2, -0.15) is 0 Å². The minimum Gasteiger partial charge on any atom is -0.872 e. The third-order valence-corrected chi connectivity index (χ3v) is 3.70. The summed E-state index contributed by atoms with van der Waals surface area (Å²) >= 11 is 0. The van der Waals surface area contributed by atoms with Gasteiger partial charge in [0.05, 0.1) is 16.7 Å². The van der Waals surface area contributed by atoms with Crippen LogP contribution in [0.1, 0.15) is 31.1 Å². The maximum absolute atomic E-state index is 10.8. The summed E-state index contributed by atoms with van der Waals surface area (Å²) in [6.45, 7) is 0. The number of aromatic carboxylic acids is 3. The molecule has 0 aromatic heterocycles. The van der Waals surface area contributed by atoms with Gasteiger partial charge in [-0.1, -0.05) is 35.4 Å². The second-order valence-corrected chi connectivity index (χ2v) is 6.18. The van der Waals surface area contributed by atoms with Crippen molar-refractivity contribution in [3.05, 3.63) is 71.3 Å². The van der Waals surface area contributed by atoms with E-state index in [0.29, 0.717) is 0 Å². The molecule has 0 bridgehead atoms. The zero-order chi connectivity index (χ0) is 25.3. The quantitative estimate of drug-likeness (QED) is 0.191. The van der Waals surface area contributed by atoms with Gasteiger partial charge in [0.1, 0.15) is 0 Å². The molecule has 0 unspecified atom stereocenters. The molecule has 34 heavy (non-hydrogen) atoms. The van der Waals surface area contributed by atoms with Crippen LogP contribution in [0.3, 0.4) is 0 Å². The maximum Gasteiger partial charge on any atom is 3.00 e. The van der Waals surface area contributed by atoms with Gasteiger partial charge in [-0.25, -0.2) is 14.4 Å². The molecule has 174 valence electrons. The van der Waals surface area contributed by atoms with E-state index in [1.807, 2.05) is 0 Å². The van der Waals surface area contributed by atoms with Crippen molar-refractivity contribution in [1.82, 2.24) is 0 Å². The summed E-state index contributed by atoms with van der Waals surface area (Å²) in [5.74, 6) is -5.31. The van der Waals surface area contributed by atoms with Gasteiger partial charge < -0.3 is 47.8 Å². The molecular formula is C21H18GaN3O9. The van der Waals surface area contributed by atoms with E-state index in [4.69, 9.17) is 32.5 Å². The molecule has 0 spiro atoms. The second kappa shape index (κ2) is 13.1. The number of anilines is 3. The summed E-state index contributed by atoms with van der Waals surface area (Å²) in [5.41, 5.74) is 15.8. The van der Waals surface area contributed by atoms with Crippen LogP contribution in [0, 0.1) is 0 Å². The number of carboxylic acid groups (broad SMARTS) is 3. The first kappa shape index (κ1) is 29.5. The van der Waals surface area contributed by atoms with E-state index in [1.54, 1.807) is 0 Å². The normalized spacial score (nSPS) is 9.18. The zero-order valence-corrected chi connectivity index (χ0v) is 19.7. The number of rotatable bonds is 3. The average molecular weight is 526 g/mol. The van der Waals surface area contributed by atoms with Crippen molar-refractivity contribution in [2.75, 3.05) is 17.2 Å². The van der Waals surface area contributed by atoms with Crippen LogP contribution >= 0.6 is 0 Å². The van der Waals surface area contributed by atoms with Gasteiger partial charge in [0.25, 0.3) is 0 Å². The summed E-state index contributed by atoms with van der Waals surface area (Å²) < 4.78 is 0. The van der Waals surface area contributed by atoms with Gasteiger partial charge in [-0.15, -0.1) is 0 Å². The summed E-state index contributed by atoms with van der Waals surface area (Å²) in [7, 11) is 0. The molecule has 0 radical (unpaired) electrons. The van der Waals surface area contributed by atoms with Crippen LogP contribution in [0.15, 0.2) is 54.6 Å². The predicted octanol–water partition coefficient (Wildman–Crippen LogP) is -0.259. The van der Waals surface area contributed by atoms with Crippen molar-refractivity contribution >= 4 is 54.8 Å². The van der Waals surface area contributed by atoms with Crippen LogP contribution in [0.25, 0.3) is 0 Å². The standard InChI is InChI=1S/3C7H7NO3.Ga/c3*8-4-1-2-6(9)5(3-4)7(10)11;/h3*1-3,9H,8H2,(H,10,11);/q;;;+3/p-3. The van der Waals surface area contributed by atoms with Crippen LogP contribution in [-0.2, 0) is 0 Å². The summed E-state index contributed by atoms with van der Waals surface area (Å²) in [6.07, 6.45) is 0. The Kier molecular flexibility index (Phi) is 11.4. The molecule has 0 heterocycles. The molecule has 0 saturated heterocycles. The molecule has 0 aliphatic carbocycles. The van der Waals surface area contributed by atoms with Crippen LogP contribution < -0.4 is 32.5 Å². The first-order valence-electron chi connectivity index (χ1n) is 8.73. The molecule has 0 amide bonds. The number of benzene rings is 3. The van der Waals surface area contributed by atoms with Crippen molar-refractivity contribution in [2.45, 2.75) is 0 Å². The molecule has 0 aliphatic rings. The van der Waals surface area contributed by atoms with E-state index in [1.165, 1.54) is 18.2 Å². The van der Waals surface area contributed by atoms with Crippen LogP contribution in [-0.4, -0.2) is 53.0 Å². The molecule has 3 aromatic rings. The van der Waals surface area contributed by atoms with Gasteiger partial charge in [0.15, 0.2) is 0 Å². The number of nitrogens with two attached hydrogens (primary N) is 3. The third kappa shape index (κ3) is 8.94. The Balaban J connectivity index is 0.000000473. The third-order valence-electron chi connectivity index (χ3n) is 3.70. The molecule has 0 aliphatic heterocycles. The van der Waals surface area contributed by atoms with E-state index < -0.39 is 35.2 Å². The fourth-order valence-corrected chi connectivity index (χ4v) is 2.14. The fourth-order valence-electron chi connectivity index (χ4n) is 2.14. The maximum atomic E-state index is 10.8. The molecule has 3 rings (SSSR count). The van der Waals surface area contributed by atoms with E-state index in [0.717, 1.165) is 36.4 Å². The Labute approximate surface area is 205 Å². The van der Waals surface area contributed by atoms with Crippen LogP contribution in [0.5, 0.6) is 17.2 Å². The first-order valence-corrected chi connectivity index (χ1v) is 8.73. The Morgan fingerprint density at radius 2 is 0.735 bits per heavy atom. The van der Waals surface area contributed by atoms with Gasteiger partial charge in [0.2, 0.25) is 0 Å². The summed E-state index contributed by atoms with van der Waals surface area (Å²) in [4.78, 5) is 31.0. The van der Waals surface area contributed by atoms with E-state index in [-0.39, 0.29) is 53.5 Å². The van der Waals surface area contributed by atoms with Crippen molar-refractivity contribution in [1.29, 1.82) is 0 Å². The zero-order valence-electron chi connectivity index (χ0n) is 17.3. The van der Waals surface area contributed by atoms with Crippen LogP contribution in [0.2, 0.25) is 0 Å². The molecule has 9 N–H and O–H groups in total. The molecule has 0 atom stereocenters. The predicted molar refractivity (Wildman–Crippen MR) is 118 cm³/mol. The van der Waals surface area contributed by atoms with E-state index >= 15 is 0 Å². The molecule has 0 saturated carbocycles.